The van der Waals surface area contributed by atoms with Gasteiger partial charge in [0.2, 0.25) is 0 Å². The third-order valence-electron chi connectivity index (χ3n) is 2.70. The van der Waals surface area contributed by atoms with Gasteiger partial charge in [-0.25, -0.2) is 5.84 Å². The number of nitrogens with two attached hydrogens (primary N) is 1. The number of fused-ring (bicyclic) bond motifs is 1. The summed E-state index contributed by atoms with van der Waals surface area (Å²) < 4.78 is 0. The van der Waals surface area contributed by atoms with Crippen molar-refractivity contribution in [3.8, 4) is 0 Å². The lowest BCUT2D eigenvalue weighted by Gasteiger charge is -2.12. The molecule has 1 aromatic carbocycles. The maximum atomic E-state index is 5.81. The molecule has 1 heterocycles. The van der Waals surface area contributed by atoms with E-state index in [1.165, 1.54) is 16.8 Å². The lowest BCUT2D eigenvalue weighted by atomic mass is 10.00. The Kier molecular flexibility index (Phi) is 2.00. The highest BCUT2D eigenvalue weighted by atomic mass is 15.4. The van der Waals surface area contributed by atoms with Crippen molar-refractivity contribution in [1.82, 2.24) is 0 Å². The summed E-state index contributed by atoms with van der Waals surface area (Å²) in [6.45, 7) is 5.39. The van der Waals surface area contributed by atoms with Crippen molar-refractivity contribution in [1.29, 1.82) is 0 Å². The van der Waals surface area contributed by atoms with Crippen LogP contribution in [-0.2, 0) is 6.42 Å². The minimum absolute atomic E-state index is 0.608. The molecule has 0 aliphatic carbocycles. The molecule has 1 aromatic rings. The van der Waals surface area contributed by atoms with Crippen molar-refractivity contribution in [3.05, 3.63) is 29.3 Å². The molecule has 2 nitrogen and oxygen atoms in total. The zero-order valence-corrected chi connectivity index (χ0v) is 8.25. The first-order valence-electron chi connectivity index (χ1n) is 4.83. The molecule has 1 aliphatic rings. The number of hydrogen-bond donors (Lipinski definition) is 1. The lowest BCUT2D eigenvalue weighted by molar-refractivity contribution is 0.864. The summed E-state index contributed by atoms with van der Waals surface area (Å²) in [5.41, 5.74) is 4.01. The number of anilines is 1. The van der Waals surface area contributed by atoms with E-state index in [9.17, 15) is 0 Å². The Morgan fingerprint density at radius 3 is 2.85 bits per heavy atom. The Hall–Kier alpha value is -1.02. The molecule has 1 aliphatic heterocycles. The van der Waals surface area contributed by atoms with Crippen LogP contribution in [0.3, 0.4) is 0 Å². The number of hydrazine groups is 1. The first kappa shape index (κ1) is 8.57. The van der Waals surface area contributed by atoms with Crippen LogP contribution in [0.1, 0.15) is 30.9 Å². The van der Waals surface area contributed by atoms with Gasteiger partial charge in [-0.15, -0.1) is 0 Å². The third-order valence-corrected chi connectivity index (χ3v) is 2.70. The second kappa shape index (κ2) is 3.04. The Labute approximate surface area is 79.3 Å². The van der Waals surface area contributed by atoms with Crippen molar-refractivity contribution in [2.24, 2.45) is 5.84 Å². The van der Waals surface area contributed by atoms with Crippen LogP contribution >= 0.6 is 0 Å². The summed E-state index contributed by atoms with van der Waals surface area (Å²) in [6, 6.07) is 6.60. The Morgan fingerprint density at radius 2 is 2.15 bits per heavy atom. The molecule has 70 valence electrons. The number of rotatable bonds is 1. The van der Waals surface area contributed by atoms with E-state index in [1.807, 2.05) is 5.01 Å². The molecule has 13 heavy (non-hydrogen) atoms. The van der Waals surface area contributed by atoms with Crippen LogP contribution in [0.4, 0.5) is 5.69 Å². The molecule has 0 radical (unpaired) electrons. The van der Waals surface area contributed by atoms with E-state index in [0.717, 1.165) is 13.0 Å². The number of benzene rings is 1. The van der Waals surface area contributed by atoms with Gasteiger partial charge in [0.15, 0.2) is 0 Å². The summed E-state index contributed by atoms with van der Waals surface area (Å²) in [5, 5.41) is 1.83. The van der Waals surface area contributed by atoms with Gasteiger partial charge in [0.05, 0.1) is 5.69 Å². The summed E-state index contributed by atoms with van der Waals surface area (Å²) in [6.07, 6.45) is 1.09. The Bertz CT molecular complexity index is 318. The SMILES string of the molecule is CC(C)c1ccc2c(c1)CCN2N. The molecule has 0 saturated heterocycles. The summed E-state index contributed by atoms with van der Waals surface area (Å²) >= 11 is 0. The van der Waals surface area contributed by atoms with Gasteiger partial charge in [0.25, 0.3) is 0 Å². The van der Waals surface area contributed by atoms with Crippen LogP contribution in [0.15, 0.2) is 18.2 Å². The van der Waals surface area contributed by atoms with Gasteiger partial charge < -0.3 is 5.01 Å². The van der Waals surface area contributed by atoms with Crippen molar-refractivity contribution >= 4 is 5.69 Å². The van der Waals surface area contributed by atoms with Crippen LogP contribution in [-0.4, -0.2) is 6.54 Å². The van der Waals surface area contributed by atoms with Gasteiger partial charge in [-0.1, -0.05) is 26.0 Å². The second-order valence-electron chi connectivity index (χ2n) is 3.99. The minimum atomic E-state index is 0.608. The normalized spacial score (nSPS) is 15.2. The molecule has 2 heteroatoms. The molecule has 0 bridgehead atoms. The summed E-state index contributed by atoms with van der Waals surface area (Å²) in [5.74, 6) is 6.41. The summed E-state index contributed by atoms with van der Waals surface area (Å²) in [4.78, 5) is 0. The molecule has 0 aromatic heterocycles. The van der Waals surface area contributed by atoms with Gasteiger partial charge in [-0.3, -0.25) is 0 Å². The van der Waals surface area contributed by atoms with Crippen molar-refractivity contribution < 1.29 is 0 Å². The van der Waals surface area contributed by atoms with Crippen LogP contribution < -0.4 is 10.9 Å². The third kappa shape index (κ3) is 1.42. The van der Waals surface area contributed by atoms with Gasteiger partial charge >= 0.3 is 0 Å². The molecule has 0 fully saturated rings. The molecule has 0 amide bonds. The maximum Gasteiger partial charge on any atom is 0.0550 e. The number of nitrogens with zero attached hydrogens (tertiary/aromatic N) is 1. The highest BCUT2D eigenvalue weighted by Crippen LogP contribution is 2.28. The first-order valence-corrected chi connectivity index (χ1v) is 4.83. The molecule has 0 unspecified atom stereocenters. The smallest absolute Gasteiger partial charge is 0.0550 e. The van der Waals surface area contributed by atoms with Gasteiger partial charge in [0.1, 0.15) is 0 Å². The highest BCUT2D eigenvalue weighted by Gasteiger charge is 2.16. The largest absolute Gasteiger partial charge is 0.310 e. The van der Waals surface area contributed by atoms with Gasteiger partial charge in [-0.2, -0.15) is 0 Å². The molecular weight excluding hydrogens is 160 g/mol. The van der Waals surface area contributed by atoms with E-state index in [-0.39, 0.29) is 0 Å². The molecule has 0 spiro atoms. The van der Waals surface area contributed by atoms with Crippen molar-refractivity contribution in [3.63, 3.8) is 0 Å². The monoisotopic (exact) mass is 176 g/mol. The standard InChI is InChI=1S/C11H16N2/c1-8(2)9-3-4-11-10(7-9)5-6-13(11)12/h3-4,7-8H,5-6,12H2,1-2H3. The Balaban J connectivity index is 2.40. The molecule has 0 saturated carbocycles. The molecule has 2 rings (SSSR count). The average molecular weight is 176 g/mol. The van der Waals surface area contributed by atoms with Gasteiger partial charge in [0, 0.05) is 6.54 Å². The van der Waals surface area contributed by atoms with Crippen LogP contribution in [0.2, 0.25) is 0 Å². The average Bonchev–Trinajstić information content (AvgIpc) is 2.47. The van der Waals surface area contributed by atoms with E-state index in [1.54, 1.807) is 0 Å². The minimum Gasteiger partial charge on any atom is -0.310 e. The van der Waals surface area contributed by atoms with Crippen LogP contribution in [0.25, 0.3) is 0 Å². The maximum absolute atomic E-state index is 5.81. The molecular formula is C11H16N2. The zero-order valence-electron chi connectivity index (χ0n) is 8.25. The van der Waals surface area contributed by atoms with E-state index in [4.69, 9.17) is 5.84 Å². The van der Waals surface area contributed by atoms with E-state index >= 15 is 0 Å². The van der Waals surface area contributed by atoms with Crippen LogP contribution in [0.5, 0.6) is 0 Å². The van der Waals surface area contributed by atoms with Crippen molar-refractivity contribution in [2.45, 2.75) is 26.2 Å². The fourth-order valence-electron chi connectivity index (χ4n) is 1.81. The second-order valence-corrected chi connectivity index (χ2v) is 3.99. The zero-order chi connectivity index (χ0) is 9.42. The topological polar surface area (TPSA) is 29.3 Å². The van der Waals surface area contributed by atoms with E-state index in [2.05, 4.69) is 32.0 Å². The lowest BCUT2D eigenvalue weighted by Crippen LogP contribution is -2.27. The Morgan fingerprint density at radius 1 is 1.38 bits per heavy atom. The van der Waals surface area contributed by atoms with Gasteiger partial charge in [-0.05, 0) is 29.5 Å². The van der Waals surface area contributed by atoms with Crippen molar-refractivity contribution in [2.75, 3.05) is 11.6 Å². The highest BCUT2D eigenvalue weighted by molar-refractivity contribution is 5.58. The van der Waals surface area contributed by atoms with E-state index in [0.29, 0.717) is 5.92 Å². The molecule has 2 N–H and O–H groups in total. The summed E-state index contributed by atoms with van der Waals surface area (Å²) in [7, 11) is 0. The fourth-order valence-corrected chi connectivity index (χ4v) is 1.81. The number of hydrogen-bond acceptors (Lipinski definition) is 2. The quantitative estimate of drug-likeness (QED) is 0.663. The molecule has 0 atom stereocenters. The predicted molar refractivity (Wildman–Crippen MR) is 55.8 cm³/mol. The predicted octanol–water partition coefficient (Wildman–Crippen LogP) is 2.05. The first-order chi connectivity index (χ1) is 6.18. The fraction of sp³-hybridized carbons (Fsp3) is 0.455. The van der Waals surface area contributed by atoms with E-state index < -0.39 is 0 Å². The van der Waals surface area contributed by atoms with Crippen LogP contribution in [0, 0.1) is 0 Å².